The van der Waals surface area contributed by atoms with Crippen LogP contribution in [0.4, 0.5) is 0 Å². The third-order valence-electron chi connectivity index (χ3n) is 2.14. The lowest BCUT2D eigenvalue weighted by Crippen LogP contribution is -2.24. The molecule has 0 radical (unpaired) electrons. The van der Waals surface area contributed by atoms with E-state index in [1.54, 1.807) is 0 Å². The average molecular weight is 213 g/mol. The molecule has 3 heteroatoms. The lowest BCUT2D eigenvalue weighted by Gasteiger charge is -2.07. The minimum absolute atomic E-state index is 0.836. The number of rotatable bonds is 5. The minimum atomic E-state index is 0.836. The van der Waals surface area contributed by atoms with E-state index in [2.05, 4.69) is 16.7 Å². The molecular formula is C11H17ClN2. The summed E-state index contributed by atoms with van der Waals surface area (Å²) in [5, 5.41) is 7.29. The third kappa shape index (κ3) is 3.29. The van der Waals surface area contributed by atoms with Crippen molar-refractivity contribution in [3.8, 4) is 0 Å². The van der Waals surface area contributed by atoms with Crippen LogP contribution in [0.25, 0.3) is 0 Å². The van der Waals surface area contributed by atoms with Crippen LogP contribution in [-0.2, 0) is 6.54 Å². The molecular weight excluding hydrogens is 196 g/mol. The smallest absolute Gasteiger partial charge is 0.0480 e. The summed E-state index contributed by atoms with van der Waals surface area (Å²) in [5.74, 6) is 0. The van der Waals surface area contributed by atoms with Crippen molar-refractivity contribution in [3.05, 3.63) is 34.3 Å². The van der Waals surface area contributed by atoms with Gasteiger partial charge in [-0.3, -0.25) is 0 Å². The van der Waals surface area contributed by atoms with Gasteiger partial charge in [0.2, 0.25) is 0 Å². The predicted molar refractivity (Wildman–Crippen MR) is 61.8 cm³/mol. The number of likely N-dealkylation sites (N-methyl/N-ethyl adjacent to an activating group) is 1. The summed E-state index contributed by atoms with van der Waals surface area (Å²) >= 11 is 6.15. The van der Waals surface area contributed by atoms with Gasteiger partial charge in [0, 0.05) is 24.7 Å². The molecule has 2 N–H and O–H groups in total. The molecule has 0 aromatic heterocycles. The maximum atomic E-state index is 6.15. The van der Waals surface area contributed by atoms with Gasteiger partial charge in [-0.1, -0.05) is 29.8 Å². The Balaban J connectivity index is 2.46. The van der Waals surface area contributed by atoms with Gasteiger partial charge in [0.05, 0.1) is 0 Å². The first-order valence-electron chi connectivity index (χ1n) is 4.85. The molecule has 0 saturated heterocycles. The zero-order valence-corrected chi connectivity index (χ0v) is 9.49. The van der Waals surface area contributed by atoms with Gasteiger partial charge in [-0.05, 0) is 25.1 Å². The molecule has 1 aromatic rings. The molecule has 14 heavy (non-hydrogen) atoms. The van der Waals surface area contributed by atoms with Gasteiger partial charge in [-0.15, -0.1) is 0 Å². The van der Waals surface area contributed by atoms with E-state index in [1.165, 1.54) is 5.56 Å². The highest BCUT2D eigenvalue weighted by Gasteiger charge is 2.01. The highest BCUT2D eigenvalue weighted by molar-refractivity contribution is 6.32. The molecule has 0 fully saturated rings. The van der Waals surface area contributed by atoms with Crippen molar-refractivity contribution < 1.29 is 0 Å². The van der Waals surface area contributed by atoms with Crippen LogP contribution in [0, 0.1) is 6.92 Å². The summed E-state index contributed by atoms with van der Waals surface area (Å²) in [4.78, 5) is 0. The quantitative estimate of drug-likeness (QED) is 0.730. The van der Waals surface area contributed by atoms with Crippen LogP contribution in [0.3, 0.4) is 0 Å². The van der Waals surface area contributed by atoms with Gasteiger partial charge in [0.15, 0.2) is 0 Å². The Morgan fingerprint density at radius 3 is 2.79 bits per heavy atom. The molecule has 78 valence electrons. The van der Waals surface area contributed by atoms with E-state index in [-0.39, 0.29) is 0 Å². The molecule has 2 nitrogen and oxygen atoms in total. The average Bonchev–Trinajstić information content (AvgIpc) is 2.19. The van der Waals surface area contributed by atoms with E-state index in [9.17, 15) is 0 Å². The molecule has 0 spiro atoms. The van der Waals surface area contributed by atoms with Crippen LogP contribution in [0.2, 0.25) is 5.02 Å². The van der Waals surface area contributed by atoms with Crippen molar-refractivity contribution in [3.63, 3.8) is 0 Å². The van der Waals surface area contributed by atoms with Crippen LogP contribution in [0.1, 0.15) is 11.1 Å². The number of benzene rings is 1. The Morgan fingerprint density at radius 1 is 1.29 bits per heavy atom. The SMILES string of the molecule is CNCCNCc1cccc(C)c1Cl. The second-order valence-corrected chi connectivity index (χ2v) is 3.71. The normalized spacial score (nSPS) is 10.5. The lowest BCUT2D eigenvalue weighted by molar-refractivity contribution is 0.650. The fraction of sp³-hybridized carbons (Fsp3) is 0.455. The van der Waals surface area contributed by atoms with Gasteiger partial charge < -0.3 is 10.6 Å². The van der Waals surface area contributed by atoms with Crippen molar-refractivity contribution in [1.29, 1.82) is 0 Å². The van der Waals surface area contributed by atoms with Crippen molar-refractivity contribution in [2.75, 3.05) is 20.1 Å². The Kier molecular flexibility index (Phi) is 4.94. The highest BCUT2D eigenvalue weighted by atomic mass is 35.5. The maximum Gasteiger partial charge on any atom is 0.0480 e. The first-order chi connectivity index (χ1) is 6.75. The fourth-order valence-electron chi connectivity index (χ4n) is 1.28. The Bertz CT molecular complexity index is 287. The van der Waals surface area contributed by atoms with Crippen LogP contribution in [-0.4, -0.2) is 20.1 Å². The zero-order valence-electron chi connectivity index (χ0n) is 8.73. The van der Waals surface area contributed by atoms with Gasteiger partial charge in [-0.25, -0.2) is 0 Å². The summed E-state index contributed by atoms with van der Waals surface area (Å²) in [5.41, 5.74) is 2.31. The van der Waals surface area contributed by atoms with Crippen molar-refractivity contribution in [2.45, 2.75) is 13.5 Å². The molecule has 0 amide bonds. The molecule has 1 rings (SSSR count). The lowest BCUT2D eigenvalue weighted by atomic mass is 10.1. The van der Waals surface area contributed by atoms with Gasteiger partial charge in [-0.2, -0.15) is 0 Å². The summed E-state index contributed by atoms with van der Waals surface area (Å²) in [6.07, 6.45) is 0. The Labute approximate surface area is 90.7 Å². The summed E-state index contributed by atoms with van der Waals surface area (Å²) in [7, 11) is 1.95. The molecule has 1 aromatic carbocycles. The van der Waals surface area contributed by atoms with E-state index in [1.807, 2.05) is 26.1 Å². The minimum Gasteiger partial charge on any atom is -0.318 e. The maximum absolute atomic E-state index is 6.15. The van der Waals surface area contributed by atoms with Crippen LogP contribution >= 0.6 is 11.6 Å². The van der Waals surface area contributed by atoms with Crippen LogP contribution in [0.15, 0.2) is 18.2 Å². The van der Waals surface area contributed by atoms with E-state index in [4.69, 9.17) is 11.6 Å². The number of aryl methyl sites for hydroxylation is 1. The van der Waals surface area contributed by atoms with Crippen LogP contribution in [0.5, 0.6) is 0 Å². The number of hydrogen-bond acceptors (Lipinski definition) is 2. The Morgan fingerprint density at radius 2 is 2.07 bits per heavy atom. The molecule has 0 saturated carbocycles. The fourth-order valence-corrected chi connectivity index (χ4v) is 1.47. The monoisotopic (exact) mass is 212 g/mol. The second kappa shape index (κ2) is 6.02. The largest absolute Gasteiger partial charge is 0.318 e. The van der Waals surface area contributed by atoms with Gasteiger partial charge >= 0.3 is 0 Å². The van der Waals surface area contributed by atoms with Crippen LogP contribution < -0.4 is 10.6 Å². The summed E-state index contributed by atoms with van der Waals surface area (Å²) in [6, 6.07) is 6.12. The third-order valence-corrected chi connectivity index (χ3v) is 2.68. The predicted octanol–water partition coefficient (Wildman–Crippen LogP) is 1.96. The second-order valence-electron chi connectivity index (χ2n) is 3.33. The molecule has 0 unspecified atom stereocenters. The molecule has 0 atom stereocenters. The van der Waals surface area contributed by atoms with Gasteiger partial charge in [0.25, 0.3) is 0 Å². The van der Waals surface area contributed by atoms with Crippen molar-refractivity contribution >= 4 is 11.6 Å². The van der Waals surface area contributed by atoms with E-state index in [0.717, 1.165) is 30.2 Å². The van der Waals surface area contributed by atoms with Crippen molar-refractivity contribution in [1.82, 2.24) is 10.6 Å². The molecule has 0 aliphatic rings. The Hall–Kier alpha value is -0.570. The molecule has 0 bridgehead atoms. The standard InChI is InChI=1S/C11H17ClN2/c1-9-4-3-5-10(11(9)12)8-14-7-6-13-2/h3-5,13-14H,6-8H2,1-2H3. The van der Waals surface area contributed by atoms with E-state index in [0.29, 0.717) is 0 Å². The number of halogens is 1. The van der Waals surface area contributed by atoms with Gasteiger partial charge in [0.1, 0.15) is 0 Å². The number of nitrogens with one attached hydrogen (secondary N) is 2. The highest BCUT2D eigenvalue weighted by Crippen LogP contribution is 2.19. The van der Waals surface area contributed by atoms with E-state index < -0.39 is 0 Å². The first-order valence-corrected chi connectivity index (χ1v) is 5.23. The topological polar surface area (TPSA) is 24.1 Å². The zero-order chi connectivity index (χ0) is 10.4. The summed E-state index contributed by atoms with van der Waals surface area (Å²) < 4.78 is 0. The number of hydrogen-bond donors (Lipinski definition) is 2. The summed E-state index contributed by atoms with van der Waals surface area (Å²) in [6.45, 7) is 4.80. The first kappa shape index (κ1) is 11.5. The molecule has 0 aliphatic heterocycles. The molecule has 0 heterocycles. The molecule has 0 aliphatic carbocycles. The van der Waals surface area contributed by atoms with Crippen molar-refractivity contribution in [2.24, 2.45) is 0 Å². The van der Waals surface area contributed by atoms with E-state index >= 15 is 0 Å².